The van der Waals surface area contributed by atoms with E-state index in [9.17, 15) is 0 Å². The standard InChI is InChI=1S/C22H29N7O/c1-13(2)28-22-17(11-23-28)16(10-18(24-22)14-4-5-14)21-25-20(26-29(21)15-6-7-15)19-12-27(3)8-9-30-19/h10-11,13-15,19H,4-9,12H2,1-3H3. The first kappa shape index (κ1) is 18.4. The van der Waals surface area contributed by atoms with Crippen LogP contribution >= 0.6 is 0 Å². The van der Waals surface area contributed by atoms with Crippen LogP contribution in [-0.4, -0.2) is 61.2 Å². The second-order valence-electron chi connectivity index (χ2n) is 9.38. The third-order valence-corrected chi connectivity index (χ3v) is 6.41. The fourth-order valence-corrected chi connectivity index (χ4v) is 4.36. The molecule has 3 aromatic rings. The smallest absolute Gasteiger partial charge is 0.181 e. The molecule has 3 aliphatic rings. The highest BCUT2D eigenvalue weighted by atomic mass is 16.5. The molecule has 0 spiro atoms. The molecule has 0 bridgehead atoms. The van der Waals surface area contributed by atoms with Crippen molar-refractivity contribution in [2.24, 2.45) is 0 Å². The lowest BCUT2D eigenvalue weighted by Crippen LogP contribution is -2.35. The van der Waals surface area contributed by atoms with Gasteiger partial charge in [-0.2, -0.15) is 10.2 Å². The van der Waals surface area contributed by atoms with Gasteiger partial charge in [0.2, 0.25) is 0 Å². The van der Waals surface area contributed by atoms with E-state index in [1.807, 2.05) is 10.9 Å². The van der Waals surface area contributed by atoms with Crippen LogP contribution < -0.4 is 0 Å². The molecule has 3 fully saturated rings. The summed E-state index contributed by atoms with van der Waals surface area (Å²) in [5, 5.41) is 10.7. The Morgan fingerprint density at radius 1 is 1.13 bits per heavy atom. The van der Waals surface area contributed by atoms with Crippen LogP contribution in [0.2, 0.25) is 0 Å². The van der Waals surface area contributed by atoms with Gasteiger partial charge in [-0.05, 0) is 52.6 Å². The largest absolute Gasteiger partial charge is 0.367 e. The number of likely N-dealkylation sites (N-methyl/N-ethyl adjacent to an activating group) is 1. The van der Waals surface area contributed by atoms with Crippen molar-refractivity contribution in [2.75, 3.05) is 26.7 Å². The molecule has 1 unspecified atom stereocenters. The van der Waals surface area contributed by atoms with Crippen LogP contribution in [0.1, 0.15) is 75.2 Å². The van der Waals surface area contributed by atoms with E-state index in [-0.39, 0.29) is 12.1 Å². The van der Waals surface area contributed by atoms with E-state index in [0.717, 1.165) is 60.8 Å². The number of fused-ring (bicyclic) bond motifs is 1. The highest BCUT2D eigenvalue weighted by molar-refractivity contribution is 5.91. The Morgan fingerprint density at radius 2 is 1.97 bits per heavy atom. The third-order valence-electron chi connectivity index (χ3n) is 6.41. The van der Waals surface area contributed by atoms with Gasteiger partial charge in [-0.15, -0.1) is 0 Å². The maximum atomic E-state index is 6.02. The Balaban J connectivity index is 1.51. The van der Waals surface area contributed by atoms with Crippen LogP contribution in [0.15, 0.2) is 12.3 Å². The van der Waals surface area contributed by atoms with Crippen LogP contribution in [0.4, 0.5) is 0 Å². The lowest BCUT2D eigenvalue weighted by Gasteiger charge is -2.28. The van der Waals surface area contributed by atoms with E-state index < -0.39 is 0 Å². The zero-order valence-corrected chi connectivity index (χ0v) is 18.0. The normalized spacial score (nSPS) is 23.0. The minimum absolute atomic E-state index is 0.0684. The average molecular weight is 408 g/mol. The molecule has 0 amide bonds. The summed E-state index contributed by atoms with van der Waals surface area (Å²) in [5.41, 5.74) is 3.24. The monoisotopic (exact) mass is 407 g/mol. The van der Waals surface area contributed by atoms with Gasteiger partial charge in [0.15, 0.2) is 17.3 Å². The maximum Gasteiger partial charge on any atom is 0.181 e. The number of rotatable bonds is 5. The second kappa shape index (κ2) is 6.85. The maximum absolute atomic E-state index is 6.02. The van der Waals surface area contributed by atoms with Crippen LogP contribution in [0.25, 0.3) is 22.4 Å². The van der Waals surface area contributed by atoms with Crippen molar-refractivity contribution in [3.63, 3.8) is 0 Å². The molecule has 158 valence electrons. The van der Waals surface area contributed by atoms with Crippen molar-refractivity contribution in [2.45, 2.75) is 63.6 Å². The molecule has 2 saturated carbocycles. The molecule has 0 aromatic carbocycles. The van der Waals surface area contributed by atoms with Gasteiger partial charge in [0.25, 0.3) is 0 Å². The number of pyridine rings is 1. The summed E-state index contributed by atoms with van der Waals surface area (Å²) in [5.74, 6) is 2.32. The van der Waals surface area contributed by atoms with Gasteiger partial charge in [0.05, 0.1) is 24.2 Å². The number of nitrogens with zero attached hydrogens (tertiary/aromatic N) is 7. The molecular weight excluding hydrogens is 378 g/mol. The molecule has 30 heavy (non-hydrogen) atoms. The lowest BCUT2D eigenvalue weighted by atomic mass is 10.1. The van der Waals surface area contributed by atoms with Gasteiger partial charge >= 0.3 is 0 Å². The SMILES string of the molecule is CC(C)n1ncc2c(-c3nc(C4CN(C)CCO4)nn3C3CC3)cc(C3CC3)nc21. The molecule has 8 nitrogen and oxygen atoms in total. The quantitative estimate of drug-likeness (QED) is 0.645. The Hall–Kier alpha value is -2.32. The fraction of sp³-hybridized carbons (Fsp3) is 0.636. The van der Waals surface area contributed by atoms with Crippen LogP contribution in [0.5, 0.6) is 0 Å². The highest BCUT2D eigenvalue weighted by Gasteiger charge is 2.34. The summed E-state index contributed by atoms with van der Waals surface area (Å²) in [6, 6.07) is 2.95. The van der Waals surface area contributed by atoms with Crippen LogP contribution in [0, 0.1) is 0 Å². The molecule has 0 radical (unpaired) electrons. The molecule has 1 aliphatic heterocycles. The molecule has 1 saturated heterocycles. The molecule has 4 heterocycles. The fourth-order valence-electron chi connectivity index (χ4n) is 4.36. The van der Waals surface area contributed by atoms with E-state index >= 15 is 0 Å². The van der Waals surface area contributed by atoms with Gasteiger partial charge in [-0.1, -0.05) is 0 Å². The van der Waals surface area contributed by atoms with Gasteiger partial charge < -0.3 is 9.64 Å². The molecule has 8 heteroatoms. The van der Waals surface area contributed by atoms with Crippen molar-refractivity contribution in [3.05, 3.63) is 23.8 Å². The first-order chi connectivity index (χ1) is 14.6. The third kappa shape index (κ3) is 3.13. The summed E-state index contributed by atoms with van der Waals surface area (Å²) >= 11 is 0. The lowest BCUT2D eigenvalue weighted by molar-refractivity contribution is -0.0255. The van der Waals surface area contributed by atoms with Crippen molar-refractivity contribution >= 4 is 11.0 Å². The highest BCUT2D eigenvalue weighted by Crippen LogP contribution is 2.43. The Bertz CT molecular complexity index is 1090. The summed E-state index contributed by atoms with van der Waals surface area (Å²) in [4.78, 5) is 12.4. The molecule has 1 atom stereocenters. The number of aromatic nitrogens is 6. The Labute approximate surface area is 176 Å². The van der Waals surface area contributed by atoms with Crippen molar-refractivity contribution in [3.8, 4) is 11.4 Å². The zero-order valence-electron chi connectivity index (χ0n) is 18.0. The van der Waals surface area contributed by atoms with E-state index in [0.29, 0.717) is 12.0 Å². The first-order valence-electron chi connectivity index (χ1n) is 11.2. The minimum atomic E-state index is -0.0684. The molecule has 0 N–H and O–H groups in total. The van der Waals surface area contributed by atoms with Gasteiger partial charge in [0.1, 0.15) is 6.10 Å². The van der Waals surface area contributed by atoms with Crippen molar-refractivity contribution in [1.82, 2.24) is 34.4 Å². The molecule has 3 aromatic heterocycles. The number of ether oxygens (including phenoxy) is 1. The zero-order chi connectivity index (χ0) is 20.4. The average Bonchev–Trinajstić information content (AvgIpc) is 3.66. The van der Waals surface area contributed by atoms with E-state index in [4.69, 9.17) is 19.8 Å². The molecule has 6 rings (SSSR count). The predicted octanol–water partition coefficient (Wildman–Crippen LogP) is 3.49. The van der Waals surface area contributed by atoms with Gasteiger partial charge in [-0.3, -0.25) is 0 Å². The van der Waals surface area contributed by atoms with E-state index in [1.165, 1.54) is 18.5 Å². The summed E-state index contributed by atoms with van der Waals surface area (Å²) in [6.45, 7) is 6.81. The number of morpholine rings is 1. The van der Waals surface area contributed by atoms with Gasteiger partial charge in [-0.25, -0.2) is 19.3 Å². The Morgan fingerprint density at radius 3 is 2.67 bits per heavy atom. The number of hydrogen-bond donors (Lipinski definition) is 0. The predicted molar refractivity (Wildman–Crippen MR) is 113 cm³/mol. The second-order valence-corrected chi connectivity index (χ2v) is 9.38. The van der Waals surface area contributed by atoms with Crippen molar-refractivity contribution < 1.29 is 4.74 Å². The van der Waals surface area contributed by atoms with Crippen LogP contribution in [-0.2, 0) is 4.74 Å². The topological polar surface area (TPSA) is 73.9 Å². The molecular formula is C22H29N7O. The first-order valence-corrected chi connectivity index (χ1v) is 11.2. The number of hydrogen-bond acceptors (Lipinski definition) is 6. The van der Waals surface area contributed by atoms with E-state index in [1.54, 1.807) is 0 Å². The summed E-state index contributed by atoms with van der Waals surface area (Å²) in [7, 11) is 2.13. The molecule has 2 aliphatic carbocycles. The summed E-state index contributed by atoms with van der Waals surface area (Å²) in [6.07, 6.45) is 6.64. The van der Waals surface area contributed by atoms with Crippen molar-refractivity contribution in [1.29, 1.82) is 0 Å². The Kier molecular flexibility index (Phi) is 4.21. The van der Waals surface area contributed by atoms with Gasteiger partial charge in [0, 0.05) is 36.3 Å². The summed E-state index contributed by atoms with van der Waals surface area (Å²) < 4.78 is 10.2. The van der Waals surface area contributed by atoms with E-state index in [2.05, 4.69) is 41.6 Å². The minimum Gasteiger partial charge on any atom is -0.367 e. The van der Waals surface area contributed by atoms with Crippen LogP contribution in [0.3, 0.4) is 0 Å².